The Morgan fingerprint density at radius 3 is 2.60 bits per heavy atom. The summed E-state index contributed by atoms with van der Waals surface area (Å²) < 4.78 is 2.31. The summed E-state index contributed by atoms with van der Waals surface area (Å²) >= 11 is 0. The molecule has 3 aromatic rings. The SMILES string of the molecule is CN1CC(n2ccc3c(CN4CCCC4)cc(-c4ccc5c(c4)CN(C4CCC(=O)N(CO)C4=O)C5=O)nc32)C1. The number of aliphatic hydroxyl groups excluding tert-OH is 1. The number of hydrogen-bond donors (Lipinski definition) is 1. The number of rotatable bonds is 6. The molecule has 1 atom stereocenters. The highest BCUT2D eigenvalue weighted by Crippen LogP contribution is 2.35. The zero-order chi connectivity index (χ0) is 27.5. The average Bonchev–Trinajstić information content (AvgIpc) is 3.67. The number of nitrogens with zero attached hydrogens (tertiary/aromatic N) is 6. The minimum Gasteiger partial charge on any atom is -0.376 e. The molecule has 3 amide bonds. The standard InChI is InChI=1S/C30H34N6O4/c1-32-16-22(17-32)34-11-8-23-21(14-33-9-2-3-10-33)13-25(31-28(23)34)19-4-5-24-20(12-19)15-35(29(24)39)26-6-7-27(38)36(18-37)30(26)40/h4-5,8,11-13,22,26,37H,2-3,6-7,9-10,14-18H2,1H3. The van der Waals surface area contributed by atoms with Crippen LogP contribution in [0.4, 0.5) is 0 Å². The lowest BCUT2D eigenvalue weighted by molar-refractivity contribution is -0.156. The number of likely N-dealkylation sites (tertiary alicyclic amines) is 3. The van der Waals surface area contributed by atoms with Crippen molar-refractivity contribution in [1.29, 1.82) is 0 Å². The van der Waals surface area contributed by atoms with Crippen LogP contribution in [-0.2, 0) is 22.7 Å². The van der Waals surface area contributed by atoms with Crippen LogP contribution in [0.15, 0.2) is 36.5 Å². The highest BCUT2D eigenvalue weighted by atomic mass is 16.3. The molecule has 0 bridgehead atoms. The van der Waals surface area contributed by atoms with Gasteiger partial charge in [-0.25, -0.2) is 4.98 Å². The zero-order valence-electron chi connectivity index (χ0n) is 22.8. The van der Waals surface area contributed by atoms with E-state index in [0.29, 0.717) is 18.2 Å². The Labute approximate surface area is 232 Å². The quantitative estimate of drug-likeness (QED) is 0.477. The first-order valence-electron chi connectivity index (χ1n) is 14.2. The lowest BCUT2D eigenvalue weighted by Crippen LogP contribution is -2.54. The van der Waals surface area contributed by atoms with Gasteiger partial charge in [-0.2, -0.15) is 0 Å². The maximum Gasteiger partial charge on any atom is 0.255 e. The van der Waals surface area contributed by atoms with Gasteiger partial charge in [0.1, 0.15) is 18.4 Å². The van der Waals surface area contributed by atoms with Crippen LogP contribution in [0.2, 0.25) is 0 Å². The van der Waals surface area contributed by atoms with Crippen molar-refractivity contribution in [2.45, 2.75) is 50.9 Å². The maximum atomic E-state index is 13.3. The van der Waals surface area contributed by atoms with Crippen molar-refractivity contribution < 1.29 is 19.5 Å². The molecule has 1 unspecified atom stereocenters. The summed E-state index contributed by atoms with van der Waals surface area (Å²) in [6, 6.07) is 9.87. The molecule has 0 spiro atoms. The Kier molecular flexibility index (Phi) is 6.21. The van der Waals surface area contributed by atoms with Crippen LogP contribution in [0, 0.1) is 0 Å². The van der Waals surface area contributed by atoms with Crippen molar-refractivity contribution in [3.63, 3.8) is 0 Å². The van der Waals surface area contributed by atoms with E-state index in [0.717, 1.165) is 60.1 Å². The molecule has 0 saturated carbocycles. The lowest BCUT2D eigenvalue weighted by atomic mass is 10.0. The van der Waals surface area contributed by atoms with Gasteiger partial charge < -0.3 is 19.5 Å². The van der Waals surface area contributed by atoms with Crippen LogP contribution in [0.3, 0.4) is 0 Å². The molecule has 10 nitrogen and oxygen atoms in total. The molecular weight excluding hydrogens is 508 g/mol. The van der Waals surface area contributed by atoms with Crippen molar-refractivity contribution in [2.75, 3.05) is 40.0 Å². The molecule has 3 saturated heterocycles. The number of piperidine rings is 1. The van der Waals surface area contributed by atoms with Gasteiger partial charge in [0.15, 0.2) is 0 Å². The maximum absolute atomic E-state index is 13.3. The molecule has 2 aromatic heterocycles. The van der Waals surface area contributed by atoms with E-state index >= 15 is 0 Å². The van der Waals surface area contributed by atoms with Crippen molar-refractivity contribution >= 4 is 28.8 Å². The predicted molar refractivity (Wildman–Crippen MR) is 148 cm³/mol. The van der Waals surface area contributed by atoms with Gasteiger partial charge in [0.25, 0.3) is 11.8 Å². The number of aliphatic hydroxyl groups is 1. The van der Waals surface area contributed by atoms with Gasteiger partial charge in [0.05, 0.1) is 11.7 Å². The Morgan fingerprint density at radius 1 is 1.05 bits per heavy atom. The largest absolute Gasteiger partial charge is 0.376 e. The molecule has 4 aliphatic heterocycles. The fraction of sp³-hybridized carbons (Fsp3) is 0.467. The van der Waals surface area contributed by atoms with Gasteiger partial charge in [-0.1, -0.05) is 6.07 Å². The summed E-state index contributed by atoms with van der Waals surface area (Å²) in [5.41, 5.74) is 5.52. The van der Waals surface area contributed by atoms with E-state index in [-0.39, 0.29) is 18.7 Å². The summed E-state index contributed by atoms with van der Waals surface area (Å²) in [5, 5.41) is 10.7. The minimum atomic E-state index is -0.751. The molecule has 1 N–H and O–H groups in total. The lowest BCUT2D eigenvalue weighted by Gasteiger charge is -2.37. The summed E-state index contributed by atoms with van der Waals surface area (Å²) in [6.45, 7) is 4.76. The second kappa shape index (κ2) is 9.79. The number of carbonyl (C=O) groups excluding carboxylic acids is 3. The van der Waals surface area contributed by atoms with E-state index in [1.807, 2.05) is 18.2 Å². The minimum absolute atomic E-state index is 0.127. The van der Waals surface area contributed by atoms with Gasteiger partial charge in [-0.15, -0.1) is 0 Å². The fourth-order valence-electron chi connectivity index (χ4n) is 6.81. The van der Waals surface area contributed by atoms with Gasteiger partial charge >= 0.3 is 0 Å². The highest BCUT2D eigenvalue weighted by molar-refractivity contribution is 6.05. The number of benzene rings is 1. The van der Waals surface area contributed by atoms with E-state index in [9.17, 15) is 19.5 Å². The van der Waals surface area contributed by atoms with Crippen molar-refractivity contribution in [3.8, 4) is 11.3 Å². The van der Waals surface area contributed by atoms with Crippen LogP contribution >= 0.6 is 0 Å². The van der Waals surface area contributed by atoms with E-state index < -0.39 is 24.6 Å². The van der Waals surface area contributed by atoms with Crippen LogP contribution in [0.1, 0.15) is 53.2 Å². The second-order valence-corrected chi connectivity index (χ2v) is 11.6. The van der Waals surface area contributed by atoms with E-state index in [1.54, 1.807) is 4.90 Å². The molecule has 10 heteroatoms. The third kappa shape index (κ3) is 4.13. The summed E-state index contributed by atoms with van der Waals surface area (Å²) in [5.74, 6) is -1.13. The number of hydrogen-bond acceptors (Lipinski definition) is 7. The molecule has 1 aromatic carbocycles. The molecule has 0 aliphatic carbocycles. The molecule has 40 heavy (non-hydrogen) atoms. The van der Waals surface area contributed by atoms with E-state index in [4.69, 9.17) is 4.98 Å². The van der Waals surface area contributed by atoms with Gasteiger partial charge in [0, 0.05) is 55.3 Å². The van der Waals surface area contributed by atoms with Gasteiger partial charge in [-0.05, 0) is 74.8 Å². The molecule has 6 heterocycles. The fourth-order valence-corrected chi connectivity index (χ4v) is 6.81. The van der Waals surface area contributed by atoms with Crippen molar-refractivity contribution in [2.24, 2.45) is 0 Å². The van der Waals surface area contributed by atoms with Crippen LogP contribution < -0.4 is 0 Å². The molecule has 3 fully saturated rings. The first kappa shape index (κ1) is 25.4. The molecule has 4 aliphatic rings. The Balaban J connectivity index is 1.23. The molecular formula is C30H34N6O4. The van der Waals surface area contributed by atoms with Crippen molar-refractivity contribution in [1.82, 2.24) is 29.2 Å². The number of fused-ring (bicyclic) bond motifs is 2. The summed E-state index contributed by atoms with van der Waals surface area (Å²) in [6.07, 6.45) is 5.04. The second-order valence-electron chi connectivity index (χ2n) is 11.6. The first-order chi connectivity index (χ1) is 19.4. The Morgan fingerprint density at radius 2 is 1.85 bits per heavy atom. The smallest absolute Gasteiger partial charge is 0.255 e. The average molecular weight is 543 g/mol. The van der Waals surface area contributed by atoms with Crippen molar-refractivity contribution in [3.05, 3.63) is 53.2 Å². The predicted octanol–water partition coefficient (Wildman–Crippen LogP) is 2.21. The van der Waals surface area contributed by atoms with Crippen LogP contribution in [0.5, 0.6) is 0 Å². The number of likely N-dealkylation sites (N-methyl/N-ethyl adjacent to an activating group) is 1. The first-order valence-corrected chi connectivity index (χ1v) is 14.2. The topological polar surface area (TPSA) is 102 Å². The highest BCUT2D eigenvalue weighted by Gasteiger charge is 2.42. The summed E-state index contributed by atoms with van der Waals surface area (Å²) in [4.78, 5) is 50.6. The number of imide groups is 1. The third-order valence-electron chi connectivity index (χ3n) is 9.04. The Bertz CT molecular complexity index is 1520. The van der Waals surface area contributed by atoms with Gasteiger partial charge in [-0.3, -0.25) is 24.2 Å². The van der Waals surface area contributed by atoms with Gasteiger partial charge in [0.2, 0.25) is 5.91 Å². The van der Waals surface area contributed by atoms with E-state index in [1.165, 1.54) is 23.8 Å². The Hall–Kier alpha value is -3.60. The van der Waals surface area contributed by atoms with Crippen LogP contribution in [0.25, 0.3) is 22.3 Å². The van der Waals surface area contributed by atoms with E-state index in [2.05, 4.69) is 39.7 Å². The summed E-state index contributed by atoms with van der Waals surface area (Å²) in [7, 11) is 2.13. The third-order valence-corrected chi connectivity index (χ3v) is 9.04. The zero-order valence-corrected chi connectivity index (χ0v) is 22.8. The number of aromatic nitrogens is 2. The number of pyridine rings is 1. The van der Waals surface area contributed by atoms with Crippen LogP contribution in [-0.4, -0.2) is 98.0 Å². The molecule has 0 radical (unpaired) electrons. The number of carbonyl (C=O) groups is 3. The molecule has 208 valence electrons. The monoisotopic (exact) mass is 542 g/mol. The molecule has 7 rings (SSSR count). The normalized spacial score (nSPS) is 22.6. The number of amides is 3.